The van der Waals surface area contributed by atoms with E-state index in [-0.39, 0.29) is 4.32 Å². The van der Waals surface area contributed by atoms with E-state index in [0.717, 1.165) is 22.3 Å². The molecule has 9 heteroatoms. The van der Waals surface area contributed by atoms with Crippen LogP contribution in [0, 0.1) is 6.92 Å². The molecule has 0 bridgehead atoms. The van der Waals surface area contributed by atoms with Crippen LogP contribution < -0.4 is 14.9 Å². The lowest BCUT2D eigenvalue weighted by Crippen LogP contribution is -2.44. The molecule has 35 heavy (non-hydrogen) atoms. The first kappa shape index (κ1) is 24.2. The van der Waals surface area contributed by atoms with Crippen molar-refractivity contribution in [1.82, 2.24) is 10.4 Å². The molecule has 0 unspecified atom stereocenters. The minimum Gasteiger partial charge on any atom is -0.497 e. The molecule has 4 rings (SSSR count). The van der Waals surface area contributed by atoms with Gasteiger partial charge in [-0.05, 0) is 79.3 Å². The Hall–Kier alpha value is -3.95. The zero-order valence-corrected chi connectivity index (χ0v) is 20.4. The first-order valence-corrected chi connectivity index (χ1v) is 11.7. The van der Waals surface area contributed by atoms with E-state index in [2.05, 4.69) is 5.43 Å². The zero-order valence-electron chi connectivity index (χ0n) is 18.8. The average molecular weight is 505 g/mol. The SMILES string of the molecule is COc1ccc(C(=O)Oc2ccc(C=C3SC(=S)N(NC(=O)c4ccc(C)cc4)C3=O)cc2)cc1. The Morgan fingerprint density at radius 3 is 2.14 bits per heavy atom. The molecule has 2 amide bonds. The van der Waals surface area contributed by atoms with Crippen LogP contribution in [0.4, 0.5) is 0 Å². The highest BCUT2D eigenvalue weighted by molar-refractivity contribution is 8.26. The molecule has 1 saturated heterocycles. The molecular formula is C26H20N2O5S2. The third kappa shape index (κ3) is 5.76. The Bertz CT molecular complexity index is 1320. The second-order valence-corrected chi connectivity index (χ2v) is 9.19. The summed E-state index contributed by atoms with van der Waals surface area (Å²) in [5.41, 5.74) is 5.11. The van der Waals surface area contributed by atoms with Crippen LogP contribution in [-0.2, 0) is 4.79 Å². The molecule has 0 aromatic heterocycles. The summed E-state index contributed by atoms with van der Waals surface area (Å²) in [5, 5.41) is 1.07. The zero-order chi connectivity index (χ0) is 24.9. The molecule has 3 aromatic carbocycles. The second-order valence-electron chi connectivity index (χ2n) is 7.51. The number of rotatable bonds is 6. The minimum absolute atomic E-state index is 0.228. The number of benzene rings is 3. The van der Waals surface area contributed by atoms with E-state index < -0.39 is 17.8 Å². The van der Waals surface area contributed by atoms with E-state index in [1.165, 1.54) is 0 Å². The standard InChI is InChI=1S/C26H20N2O5S2/c1-16-3-7-18(8-4-16)23(29)27-28-24(30)22(35-26(28)34)15-17-5-11-21(12-6-17)33-25(31)19-9-13-20(32-2)14-10-19/h3-15H,1-2H3,(H,27,29). The van der Waals surface area contributed by atoms with E-state index in [4.69, 9.17) is 21.7 Å². The molecule has 0 aliphatic carbocycles. The van der Waals surface area contributed by atoms with Crippen molar-refractivity contribution >= 4 is 52.2 Å². The van der Waals surface area contributed by atoms with Gasteiger partial charge in [0.05, 0.1) is 17.6 Å². The lowest BCUT2D eigenvalue weighted by atomic mass is 10.1. The fourth-order valence-electron chi connectivity index (χ4n) is 3.11. The Morgan fingerprint density at radius 1 is 0.914 bits per heavy atom. The van der Waals surface area contributed by atoms with Crippen molar-refractivity contribution in [3.63, 3.8) is 0 Å². The summed E-state index contributed by atoms with van der Waals surface area (Å²) in [5.74, 6) is -0.335. The Balaban J connectivity index is 1.40. The number of hydrazine groups is 1. The molecule has 0 radical (unpaired) electrons. The van der Waals surface area contributed by atoms with Crippen LogP contribution in [0.5, 0.6) is 11.5 Å². The lowest BCUT2D eigenvalue weighted by molar-refractivity contribution is -0.123. The number of methoxy groups -OCH3 is 1. The number of esters is 1. The van der Waals surface area contributed by atoms with Crippen LogP contribution in [0.1, 0.15) is 31.8 Å². The van der Waals surface area contributed by atoms with Crippen molar-refractivity contribution in [2.45, 2.75) is 6.92 Å². The molecule has 176 valence electrons. The van der Waals surface area contributed by atoms with Crippen LogP contribution in [0.2, 0.25) is 0 Å². The summed E-state index contributed by atoms with van der Waals surface area (Å²) in [6, 6.07) is 20.3. The highest BCUT2D eigenvalue weighted by Crippen LogP contribution is 2.32. The van der Waals surface area contributed by atoms with Crippen molar-refractivity contribution in [1.29, 1.82) is 0 Å². The number of carbonyl (C=O) groups is 3. The highest BCUT2D eigenvalue weighted by atomic mass is 32.2. The Labute approximate surface area is 211 Å². The molecule has 1 aliphatic heterocycles. The van der Waals surface area contributed by atoms with Crippen molar-refractivity contribution in [2.75, 3.05) is 7.11 Å². The number of carbonyl (C=O) groups excluding carboxylic acids is 3. The van der Waals surface area contributed by atoms with Crippen molar-refractivity contribution < 1.29 is 23.9 Å². The molecule has 1 heterocycles. The van der Waals surface area contributed by atoms with Gasteiger partial charge in [-0.15, -0.1) is 0 Å². The predicted molar refractivity (Wildman–Crippen MR) is 138 cm³/mol. The van der Waals surface area contributed by atoms with Crippen LogP contribution in [0.3, 0.4) is 0 Å². The third-order valence-electron chi connectivity index (χ3n) is 5.03. The topological polar surface area (TPSA) is 84.9 Å². The highest BCUT2D eigenvalue weighted by Gasteiger charge is 2.33. The summed E-state index contributed by atoms with van der Waals surface area (Å²) in [4.78, 5) is 38.0. The van der Waals surface area contributed by atoms with E-state index in [0.29, 0.717) is 33.1 Å². The number of nitrogens with zero attached hydrogens (tertiary/aromatic N) is 1. The first-order valence-electron chi connectivity index (χ1n) is 10.5. The maximum atomic E-state index is 12.8. The molecule has 0 spiro atoms. The molecular weight excluding hydrogens is 484 g/mol. The molecule has 1 aliphatic rings. The monoisotopic (exact) mass is 504 g/mol. The van der Waals surface area contributed by atoms with Gasteiger partial charge in [0.25, 0.3) is 11.8 Å². The maximum absolute atomic E-state index is 12.8. The number of nitrogens with one attached hydrogen (secondary N) is 1. The second kappa shape index (κ2) is 10.5. The fraction of sp³-hybridized carbons (Fsp3) is 0.0769. The predicted octanol–water partition coefficient (Wildman–Crippen LogP) is 4.77. The van der Waals surface area contributed by atoms with E-state index in [1.807, 2.05) is 19.1 Å². The van der Waals surface area contributed by atoms with E-state index in [1.54, 1.807) is 73.8 Å². The molecule has 0 atom stereocenters. The fourth-order valence-corrected chi connectivity index (χ4v) is 4.29. The van der Waals surface area contributed by atoms with Gasteiger partial charge in [0.1, 0.15) is 11.5 Å². The molecule has 1 fully saturated rings. The van der Waals surface area contributed by atoms with Gasteiger partial charge >= 0.3 is 5.97 Å². The number of ether oxygens (including phenoxy) is 2. The van der Waals surface area contributed by atoms with Crippen molar-refractivity contribution in [3.05, 3.63) is 100.0 Å². The van der Waals surface area contributed by atoms with Crippen molar-refractivity contribution in [2.24, 2.45) is 0 Å². The van der Waals surface area contributed by atoms with Gasteiger partial charge in [0, 0.05) is 5.56 Å². The minimum atomic E-state index is -0.495. The summed E-state index contributed by atoms with van der Waals surface area (Å²) in [6.07, 6.45) is 1.66. The van der Waals surface area contributed by atoms with E-state index >= 15 is 0 Å². The smallest absolute Gasteiger partial charge is 0.343 e. The van der Waals surface area contributed by atoms with Crippen molar-refractivity contribution in [3.8, 4) is 11.5 Å². The molecule has 3 aromatic rings. The van der Waals surface area contributed by atoms with Gasteiger partial charge in [-0.25, -0.2) is 4.79 Å². The quantitative estimate of drug-likeness (QED) is 0.224. The average Bonchev–Trinajstić information content (AvgIpc) is 3.12. The van der Waals surface area contributed by atoms with Crippen LogP contribution in [0.15, 0.2) is 77.7 Å². The summed E-state index contributed by atoms with van der Waals surface area (Å²) in [6.45, 7) is 1.92. The number of amides is 2. The normalized spacial score (nSPS) is 14.2. The number of hydrogen-bond donors (Lipinski definition) is 1. The third-order valence-corrected chi connectivity index (χ3v) is 6.34. The van der Waals surface area contributed by atoms with E-state index in [9.17, 15) is 14.4 Å². The Morgan fingerprint density at radius 2 is 1.51 bits per heavy atom. The number of aryl methyl sites for hydroxylation is 1. The van der Waals surface area contributed by atoms with Gasteiger partial charge in [0.2, 0.25) is 0 Å². The summed E-state index contributed by atoms with van der Waals surface area (Å²) < 4.78 is 10.7. The molecule has 0 saturated carbocycles. The number of thioether (sulfide) groups is 1. The van der Waals surface area contributed by atoms with Gasteiger partial charge in [-0.2, -0.15) is 5.01 Å². The van der Waals surface area contributed by atoms with Gasteiger partial charge < -0.3 is 9.47 Å². The number of hydrogen-bond acceptors (Lipinski definition) is 7. The molecule has 7 nitrogen and oxygen atoms in total. The van der Waals surface area contributed by atoms with Crippen LogP contribution in [-0.4, -0.2) is 34.2 Å². The molecule has 1 N–H and O–H groups in total. The maximum Gasteiger partial charge on any atom is 0.343 e. The van der Waals surface area contributed by atoms with Gasteiger partial charge in [0.15, 0.2) is 4.32 Å². The largest absolute Gasteiger partial charge is 0.497 e. The lowest BCUT2D eigenvalue weighted by Gasteiger charge is -2.15. The summed E-state index contributed by atoms with van der Waals surface area (Å²) in [7, 11) is 1.55. The van der Waals surface area contributed by atoms with Crippen LogP contribution in [0.25, 0.3) is 6.08 Å². The van der Waals surface area contributed by atoms with Gasteiger partial charge in [-0.3, -0.25) is 15.0 Å². The van der Waals surface area contributed by atoms with Crippen LogP contribution >= 0.6 is 24.0 Å². The van der Waals surface area contributed by atoms with Gasteiger partial charge in [-0.1, -0.05) is 41.6 Å². The Kier molecular flexibility index (Phi) is 7.28. The summed E-state index contributed by atoms with van der Waals surface area (Å²) >= 11 is 6.37. The first-order chi connectivity index (χ1) is 16.8. The number of thiocarbonyl (C=S) groups is 1.